The lowest BCUT2D eigenvalue weighted by molar-refractivity contribution is 0.290. The number of oxime groups is 1. The largest absolute Gasteiger partial charge is 0.409 e. The van der Waals surface area contributed by atoms with Gasteiger partial charge < -0.3 is 16.3 Å². The third-order valence-corrected chi connectivity index (χ3v) is 4.00. The van der Waals surface area contributed by atoms with Gasteiger partial charge >= 0.3 is 0 Å². The van der Waals surface area contributed by atoms with Crippen molar-refractivity contribution >= 4 is 5.84 Å². The molecule has 0 atom stereocenters. The Balaban J connectivity index is 2.24. The summed E-state index contributed by atoms with van der Waals surface area (Å²) in [6, 6.07) is 0.661. The van der Waals surface area contributed by atoms with Crippen molar-refractivity contribution in [1.29, 1.82) is 0 Å². The SMILES string of the molecule is CC1CCC(NCCC(C)(C)C(N)=NO)CC1. The van der Waals surface area contributed by atoms with Gasteiger partial charge in [-0.25, -0.2) is 0 Å². The van der Waals surface area contributed by atoms with Crippen molar-refractivity contribution < 1.29 is 5.21 Å². The van der Waals surface area contributed by atoms with E-state index in [1.54, 1.807) is 0 Å². The van der Waals surface area contributed by atoms with Crippen molar-refractivity contribution in [2.75, 3.05) is 6.54 Å². The molecule has 4 N–H and O–H groups in total. The quantitative estimate of drug-likeness (QED) is 0.299. The average molecular weight is 241 g/mol. The van der Waals surface area contributed by atoms with E-state index in [4.69, 9.17) is 10.9 Å². The van der Waals surface area contributed by atoms with Gasteiger partial charge in [-0.05, 0) is 44.6 Å². The van der Waals surface area contributed by atoms with Crippen LogP contribution in [0.25, 0.3) is 0 Å². The average Bonchev–Trinajstić information content (AvgIpc) is 2.30. The first-order valence-corrected chi connectivity index (χ1v) is 6.67. The Kier molecular flexibility index (Phi) is 5.25. The van der Waals surface area contributed by atoms with Crippen molar-refractivity contribution in [3.05, 3.63) is 0 Å². The molecule has 4 nitrogen and oxygen atoms in total. The highest BCUT2D eigenvalue weighted by Crippen LogP contribution is 2.24. The first kappa shape index (κ1) is 14.3. The van der Waals surface area contributed by atoms with Gasteiger partial charge in [-0.15, -0.1) is 0 Å². The molecule has 0 unspecified atom stereocenters. The third-order valence-electron chi connectivity index (χ3n) is 4.00. The predicted molar refractivity (Wildman–Crippen MR) is 71.2 cm³/mol. The Morgan fingerprint density at radius 1 is 1.35 bits per heavy atom. The predicted octanol–water partition coefficient (Wildman–Crippen LogP) is 2.32. The molecule has 4 heteroatoms. The molecule has 1 fully saturated rings. The van der Waals surface area contributed by atoms with Crippen LogP contribution in [0, 0.1) is 11.3 Å². The van der Waals surface area contributed by atoms with Crippen LogP contribution in [0.15, 0.2) is 5.16 Å². The molecule has 0 aromatic heterocycles. The number of nitrogens with zero attached hydrogens (tertiary/aromatic N) is 1. The first-order valence-electron chi connectivity index (χ1n) is 6.67. The van der Waals surface area contributed by atoms with Crippen molar-refractivity contribution in [2.24, 2.45) is 22.2 Å². The summed E-state index contributed by atoms with van der Waals surface area (Å²) in [5.74, 6) is 1.21. The van der Waals surface area contributed by atoms with Crippen LogP contribution in [0.4, 0.5) is 0 Å². The molecule has 0 spiro atoms. The second kappa shape index (κ2) is 6.24. The van der Waals surface area contributed by atoms with E-state index in [-0.39, 0.29) is 5.41 Å². The Labute approximate surface area is 105 Å². The van der Waals surface area contributed by atoms with E-state index < -0.39 is 0 Å². The highest BCUT2D eigenvalue weighted by atomic mass is 16.4. The van der Waals surface area contributed by atoms with Gasteiger partial charge in [0.1, 0.15) is 5.84 Å². The maximum atomic E-state index is 8.69. The fourth-order valence-electron chi connectivity index (χ4n) is 2.32. The fraction of sp³-hybridized carbons (Fsp3) is 0.923. The molecule has 0 bridgehead atoms. The number of amidine groups is 1. The summed E-state index contributed by atoms with van der Waals surface area (Å²) >= 11 is 0. The van der Waals surface area contributed by atoms with Crippen LogP contribution < -0.4 is 11.1 Å². The first-order chi connectivity index (χ1) is 7.95. The van der Waals surface area contributed by atoms with Crippen LogP contribution >= 0.6 is 0 Å². The standard InChI is InChI=1S/C13H27N3O/c1-10-4-6-11(7-5-10)15-9-8-13(2,3)12(14)16-17/h10-11,15,17H,4-9H2,1-3H3,(H2,14,16). The number of nitrogens with one attached hydrogen (secondary N) is 1. The molecule has 1 aliphatic rings. The van der Waals surface area contributed by atoms with E-state index in [1.165, 1.54) is 25.7 Å². The summed E-state index contributed by atoms with van der Waals surface area (Å²) < 4.78 is 0. The van der Waals surface area contributed by atoms with Crippen LogP contribution in [-0.4, -0.2) is 23.6 Å². The molecule has 1 rings (SSSR count). The summed E-state index contributed by atoms with van der Waals surface area (Å²) in [7, 11) is 0. The van der Waals surface area contributed by atoms with Crippen molar-refractivity contribution in [1.82, 2.24) is 5.32 Å². The van der Waals surface area contributed by atoms with Gasteiger partial charge in [0.25, 0.3) is 0 Å². The van der Waals surface area contributed by atoms with Crippen molar-refractivity contribution in [3.63, 3.8) is 0 Å². The van der Waals surface area contributed by atoms with Crippen molar-refractivity contribution in [3.8, 4) is 0 Å². The van der Waals surface area contributed by atoms with E-state index in [9.17, 15) is 0 Å². The molecule has 1 saturated carbocycles. The van der Waals surface area contributed by atoms with Gasteiger partial charge in [0.15, 0.2) is 0 Å². The molecule has 0 aromatic carbocycles. The second-order valence-corrected chi connectivity index (χ2v) is 6.03. The molecule has 0 radical (unpaired) electrons. The summed E-state index contributed by atoms with van der Waals surface area (Å²) in [6.07, 6.45) is 6.13. The monoisotopic (exact) mass is 241 g/mol. The lowest BCUT2D eigenvalue weighted by Crippen LogP contribution is -2.38. The minimum Gasteiger partial charge on any atom is -0.409 e. The van der Waals surface area contributed by atoms with Crippen molar-refractivity contribution in [2.45, 2.75) is 58.9 Å². The minimum atomic E-state index is -0.232. The molecular formula is C13H27N3O. The fourth-order valence-corrected chi connectivity index (χ4v) is 2.32. The summed E-state index contributed by atoms with van der Waals surface area (Å²) in [5.41, 5.74) is 5.43. The Hall–Kier alpha value is -0.770. The molecule has 0 aromatic rings. The maximum Gasteiger partial charge on any atom is 0.144 e. The smallest absolute Gasteiger partial charge is 0.144 e. The van der Waals surface area contributed by atoms with Crippen LogP contribution in [0.2, 0.25) is 0 Å². The number of hydrogen-bond donors (Lipinski definition) is 3. The molecule has 17 heavy (non-hydrogen) atoms. The molecule has 0 saturated heterocycles. The van der Waals surface area contributed by atoms with E-state index in [2.05, 4.69) is 17.4 Å². The van der Waals surface area contributed by atoms with Gasteiger partial charge in [-0.3, -0.25) is 0 Å². The lowest BCUT2D eigenvalue weighted by Gasteiger charge is -2.29. The summed E-state index contributed by atoms with van der Waals surface area (Å²) in [4.78, 5) is 0. The van der Waals surface area contributed by atoms with Gasteiger partial charge in [-0.1, -0.05) is 25.9 Å². The minimum absolute atomic E-state index is 0.232. The zero-order valence-corrected chi connectivity index (χ0v) is 11.4. The van der Waals surface area contributed by atoms with Crippen LogP contribution in [0.5, 0.6) is 0 Å². The summed E-state index contributed by atoms with van der Waals surface area (Å²) in [5, 5.41) is 15.4. The molecule has 0 aliphatic heterocycles. The zero-order valence-electron chi connectivity index (χ0n) is 11.4. The van der Waals surface area contributed by atoms with E-state index in [1.807, 2.05) is 13.8 Å². The zero-order chi connectivity index (χ0) is 12.9. The van der Waals surface area contributed by atoms with Gasteiger partial charge in [0.2, 0.25) is 0 Å². The molecule has 0 amide bonds. The van der Waals surface area contributed by atoms with Crippen LogP contribution in [0.1, 0.15) is 52.9 Å². The van der Waals surface area contributed by atoms with Gasteiger partial charge in [-0.2, -0.15) is 0 Å². The molecule has 100 valence electrons. The number of nitrogens with two attached hydrogens (primary N) is 1. The Morgan fingerprint density at radius 2 is 1.94 bits per heavy atom. The topological polar surface area (TPSA) is 70.6 Å². The highest BCUT2D eigenvalue weighted by Gasteiger charge is 2.24. The Morgan fingerprint density at radius 3 is 2.47 bits per heavy atom. The molecule has 0 heterocycles. The normalized spacial score (nSPS) is 27.1. The second-order valence-electron chi connectivity index (χ2n) is 6.03. The van der Waals surface area contributed by atoms with Gasteiger partial charge in [0.05, 0.1) is 0 Å². The number of rotatable bonds is 5. The van der Waals surface area contributed by atoms with E-state index >= 15 is 0 Å². The number of hydrogen-bond acceptors (Lipinski definition) is 3. The molecular weight excluding hydrogens is 214 g/mol. The summed E-state index contributed by atoms with van der Waals surface area (Å²) in [6.45, 7) is 7.28. The highest BCUT2D eigenvalue weighted by molar-refractivity contribution is 5.85. The lowest BCUT2D eigenvalue weighted by atomic mass is 9.86. The third kappa shape index (κ3) is 4.54. The Bertz CT molecular complexity index is 255. The maximum absolute atomic E-state index is 8.69. The van der Waals surface area contributed by atoms with Gasteiger partial charge in [0, 0.05) is 11.5 Å². The molecule has 1 aliphatic carbocycles. The van der Waals surface area contributed by atoms with Crippen LogP contribution in [-0.2, 0) is 0 Å². The van der Waals surface area contributed by atoms with Crippen LogP contribution in [0.3, 0.4) is 0 Å². The van der Waals surface area contributed by atoms with E-state index in [0.29, 0.717) is 11.9 Å². The van der Waals surface area contributed by atoms with E-state index in [0.717, 1.165) is 18.9 Å².